The Balaban J connectivity index is 1.81. The second kappa shape index (κ2) is 9.61. The second-order valence-corrected chi connectivity index (χ2v) is 14.9. The number of rotatable bonds is 5. The molecule has 0 aromatic heterocycles. The van der Waals surface area contributed by atoms with Gasteiger partial charge in [-0.05, 0) is 122 Å². The fourth-order valence-electron chi connectivity index (χ4n) is 10.6. The lowest BCUT2D eigenvalue weighted by Crippen LogP contribution is -2.58. The molecule has 0 aliphatic heterocycles. The van der Waals surface area contributed by atoms with Gasteiger partial charge in [0.05, 0.1) is 0 Å². The van der Waals surface area contributed by atoms with Crippen molar-refractivity contribution in [1.29, 1.82) is 0 Å². The van der Waals surface area contributed by atoms with Gasteiger partial charge in [-0.15, -0.1) is 0 Å². The van der Waals surface area contributed by atoms with Crippen LogP contribution in [0.1, 0.15) is 129 Å². The molecule has 0 unspecified atom stereocenters. The predicted octanol–water partition coefficient (Wildman–Crippen LogP) is 11.9. The Hall–Kier alpha value is -2.34. The topological polar surface area (TPSA) is 0 Å². The van der Waals surface area contributed by atoms with Crippen molar-refractivity contribution in [2.45, 2.75) is 113 Å². The summed E-state index contributed by atoms with van der Waals surface area (Å²) < 4.78 is 0. The molecule has 0 radical (unpaired) electrons. The smallest absolute Gasteiger partial charge is 0.0196 e. The van der Waals surface area contributed by atoms with E-state index in [1.54, 1.807) is 0 Å². The van der Waals surface area contributed by atoms with Crippen LogP contribution in [-0.2, 0) is 0 Å². The van der Waals surface area contributed by atoms with Gasteiger partial charge < -0.3 is 0 Å². The Labute approximate surface area is 246 Å². The summed E-state index contributed by atoms with van der Waals surface area (Å²) in [5, 5.41) is 0. The lowest BCUT2D eigenvalue weighted by molar-refractivity contribution is -0.0303. The highest BCUT2D eigenvalue weighted by Gasteiger charge is 2.65. The Morgan fingerprint density at radius 2 is 1.55 bits per heavy atom. The molecule has 1 aromatic carbocycles. The van der Waals surface area contributed by atoms with E-state index in [1.807, 2.05) is 0 Å². The van der Waals surface area contributed by atoms with Gasteiger partial charge in [0, 0.05) is 10.8 Å². The molecule has 4 aliphatic rings. The van der Waals surface area contributed by atoms with Gasteiger partial charge in [-0.3, -0.25) is 0 Å². The summed E-state index contributed by atoms with van der Waals surface area (Å²) in [6.07, 6.45) is 9.34. The number of hydrogen-bond acceptors (Lipinski definition) is 0. The van der Waals surface area contributed by atoms with E-state index in [-0.39, 0.29) is 16.2 Å². The minimum atomic E-state index is -0.147. The van der Waals surface area contributed by atoms with E-state index in [0.717, 1.165) is 23.5 Å². The fraction of sp³-hybridized carbons (Fsp3) is 0.550. The average Bonchev–Trinajstić information content (AvgIpc) is 3.39. The van der Waals surface area contributed by atoms with Gasteiger partial charge in [0.1, 0.15) is 0 Å². The van der Waals surface area contributed by atoms with Gasteiger partial charge in [-0.1, -0.05) is 114 Å². The van der Waals surface area contributed by atoms with Crippen molar-refractivity contribution in [2.75, 3.05) is 0 Å². The molecule has 40 heavy (non-hydrogen) atoms. The molecule has 1 aromatic rings. The molecule has 0 spiro atoms. The molecule has 1 saturated carbocycles. The first-order chi connectivity index (χ1) is 18.6. The lowest BCUT2D eigenvalue weighted by Gasteiger charge is -2.67. The molecule has 0 nitrogen and oxygen atoms in total. The van der Waals surface area contributed by atoms with E-state index in [0.29, 0.717) is 11.8 Å². The Morgan fingerprint density at radius 1 is 0.925 bits per heavy atom. The summed E-state index contributed by atoms with van der Waals surface area (Å²) in [7, 11) is 0. The zero-order valence-corrected chi connectivity index (χ0v) is 27.2. The number of hydrogen-bond donors (Lipinski definition) is 0. The van der Waals surface area contributed by atoms with Crippen LogP contribution in [0, 0.1) is 35.0 Å². The van der Waals surface area contributed by atoms with Gasteiger partial charge in [0.15, 0.2) is 0 Å². The Kier molecular flexibility index (Phi) is 7.00. The molecule has 5 rings (SSSR count). The molecule has 214 valence electrons. The van der Waals surface area contributed by atoms with E-state index >= 15 is 0 Å². The molecule has 0 heteroatoms. The highest BCUT2D eigenvalue weighted by atomic mass is 14.7. The highest BCUT2D eigenvalue weighted by molar-refractivity contribution is 5.89. The lowest BCUT2D eigenvalue weighted by atomic mass is 9.36. The third-order valence-electron chi connectivity index (χ3n) is 13.1. The van der Waals surface area contributed by atoms with Crippen molar-refractivity contribution in [3.8, 4) is 0 Å². The summed E-state index contributed by atoms with van der Waals surface area (Å²) in [6, 6.07) is 4.81. The van der Waals surface area contributed by atoms with E-state index in [1.165, 1.54) is 94.2 Å². The van der Waals surface area contributed by atoms with Crippen LogP contribution >= 0.6 is 0 Å². The van der Waals surface area contributed by atoms with Crippen molar-refractivity contribution >= 4 is 11.1 Å². The first-order valence-electron chi connectivity index (χ1n) is 15.9. The highest BCUT2D eigenvalue weighted by Crippen LogP contribution is 2.75. The monoisotopic (exact) mass is 534 g/mol. The largest absolute Gasteiger partial charge is 0.0955 e. The standard InChI is InChI=1S/C40H54/c1-23(2)32-19-20-33-34(21-18-31-16-14-15-17-31)39(12)30(10)38(11)22-25(5)35(24(3)4)28(8)40(38,13)29(9)37(39)27(7)36(33)26(32)6/h19-20,30-31,34H,1,3,7-8,14-18,21-22H2,2,4-6,9-13H3/t30-,34+,38-,39-,40+/m0/s1. The SMILES string of the molecule is C=C(C)C1=C(C)C[C@@]2(C)[C@H](C)[C@]3(C)C(=C(C)[C@@]2(C)C1=C)C(=C)c1c(ccc(C(=C)C)c1C)[C@H]3CCC1CCCC1. The Bertz CT molecular complexity index is 1400. The van der Waals surface area contributed by atoms with Crippen LogP contribution in [0.3, 0.4) is 0 Å². The number of benzene rings is 1. The normalized spacial score (nSPS) is 34.1. The van der Waals surface area contributed by atoms with Crippen molar-refractivity contribution in [2.24, 2.45) is 28.1 Å². The van der Waals surface area contributed by atoms with Crippen molar-refractivity contribution in [3.05, 3.63) is 94.1 Å². The van der Waals surface area contributed by atoms with Crippen LogP contribution in [-0.4, -0.2) is 0 Å². The first-order valence-corrected chi connectivity index (χ1v) is 15.9. The van der Waals surface area contributed by atoms with Crippen molar-refractivity contribution < 1.29 is 0 Å². The fourth-order valence-corrected chi connectivity index (χ4v) is 10.6. The van der Waals surface area contributed by atoms with Crippen molar-refractivity contribution in [1.82, 2.24) is 0 Å². The maximum Gasteiger partial charge on any atom is 0.0196 e. The quantitative estimate of drug-likeness (QED) is 0.352. The van der Waals surface area contributed by atoms with Gasteiger partial charge in [0.2, 0.25) is 0 Å². The molecule has 0 saturated heterocycles. The summed E-state index contributed by atoms with van der Waals surface area (Å²) >= 11 is 0. The molecule has 1 fully saturated rings. The van der Waals surface area contributed by atoms with Crippen LogP contribution in [0.2, 0.25) is 0 Å². The first kappa shape index (κ1) is 29.2. The van der Waals surface area contributed by atoms with Crippen molar-refractivity contribution in [3.63, 3.8) is 0 Å². The molecule has 0 heterocycles. The van der Waals surface area contributed by atoms with E-state index in [9.17, 15) is 0 Å². The maximum atomic E-state index is 4.94. The van der Waals surface area contributed by atoms with E-state index in [4.69, 9.17) is 13.2 Å². The minimum absolute atomic E-state index is 0.0134. The van der Waals surface area contributed by atoms with Gasteiger partial charge >= 0.3 is 0 Å². The zero-order valence-electron chi connectivity index (χ0n) is 27.2. The Morgan fingerprint density at radius 3 is 2.12 bits per heavy atom. The third kappa shape index (κ3) is 3.63. The average molecular weight is 535 g/mol. The zero-order chi connectivity index (χ0) is 29.5. The molecule has 5 atom stereocenters. The molecule has 0 bridgehead atoms. The van der Waals surface area contributed by atoms with Gasteiger partial charge in [0.25, 0.3) is 0 Å². The molecule has 0 amide bonds. The van der Waals surface area contributed by atoms with Crippen LogP contribution < -0.4 is 0 Å². The molecular formula is C40H54. The molecule has 4 aliphatic carbocycles. The van der Waals surface area contributed by atoms with Gasteiger partial charge in [-0.2, -0.15) is 0 Å². The minimum Gasteiger partial charge on any atom is -0.0955 e. The summed E-state index contributed by atoms with van der Waals surface area (Å²) in [5.74, 6) is 1.83. The third-order valence-corrected chi connectivity index (χ3v) is 13.1. The van der Waals surface area contributed by atoms with E-state index in [2.05, 4.69) is 87.6 Å². The van der Waals surface area contributed by atoms with E-state index < -0.39 is 0 Å². The number of fused-ring (bicyclic) bond motifs is 3. The van der Waals surface area contributed by atoms with Crippen LogP contribution in [0.4, 0.5) is 0 Å². The second-order valence-electron chi connectivity index (χ2n) is 14.9. The van der Waals surface area contributed by atoms with Crippen LogP contribution in [0.25, 0.3) is 11.1 Å². The van der Waals surface area contributed by atoms with Crippen LogP contribution in [0.5, 0.6) is 0 Å². The number of allylic oxidation sites excluding steroid dienone is 8. The predicted molar refractivity (Wildman–Crippen MR) is 176 cm³/mol. The molecular weight excluding hydrogens is 480 g/mol. The summed E-state index contributed by atoms with van der Waals surface area (Å²) in [4.78, 5) is 0. The van der Waals surface area contributed by atoms with Gasteiger partial charge in [-0.25, -0.2) is 0 Å². The summed E-state index contributed by atoms with van der Waals surface area (Å²) in [6.45, 7) is 40.2. The maximum absolute atomic E-state index is 4.94. The molecule has 0 N–H and O–H groups in total. The summed E-state index contributed by atoms with van der Waals surface area (Å²) in [5.41, 5.74) is 16.1. The van der Waals surface area contributed by atoms with Crippen LogP contribution in [0.15, 0.2) is 71.9 Å².